The fourth-order valence-electron chi connectivity index (χ4n) is 3.68. The lowest BCUT2D eigenvalue weighted by Gasteiger charge is -2.50. The van der Waals surface area contributed by atoms with Crippen LogP contribution >= 0.6 is 11.6 Å². The van der Waals surface area contributed by atoms with Crippen LogP contribution in [0, 0.1) is 6.92 Å². The van der Waals surface area contributed by atoms with Crippen LogP contribution in [0.15, 0.2) is 48.9 Å². The van der Waals surface area contributed by atoms with Gasteiger partial charge in [0.15, 0.2) is 5.82 Å². The fourth-order valence-corrected chi connectivity index (χ4v) is 3.86. The number of nitrogens with zero attached hydrogens (tertiary/aromatic N) is 7. The zero-order valence-electron chi connectivity index (χ0n) is 17.2. The van der Waals surface area contributed by atoms with Crippen LogP contribution in [0.25, 0.3) is 0 Å². The minimum atomic E-state index is -4.49. The van der Waals surface area contributed by atoms with E-state index in [2.05, 4.69) is 25.4 Å². The summed E-state index contributed by atoms with van der Waals surface area (Å²) in [6.45, 7) is 1.21. The van der Waals surface area contributed by atoms with E-state index < -0.39 is 12.7 Å². The molecule has 13 heteroatoms. The third kappa shape index (κ3) is 4.51. The molecule has 0 spiro atoms. The second-order valence-electron chi connectivity index (χ2n) is 7.61. The molecule has 1 saturated heterocycles. The van der Waals surface area contributed by atoms with Crippen LogP contribution < -0.4 is 15.1 Å². The van der Waals surface area contributed by atoms with Gasteiger partial charge >= 0.3 is 12.2 Å². The second-order valence-corrected chi connectivity index (χ2v) is 8.05. The Hall–Kier alpha value is -3.54. The van der Waals surface area contributed by atoms with Gasteiger partial charge in [0.1, 0.15) is 18.6 Å². The van der Waals surface area contributed by atoms with Gasteiger partial charge in [-0.25, -0.2) is 14.6 Å². The van der Waals surface area contributed by atoms with E-state index in [1.54, 1.807) is 18.2 Å². The van der Waals surface area contributed by atoms with Crippen molar-refractivity contribution in [1.82, 2.24) is 29.7 Å². The molecule has 5 rings (SSSR count). The van der Waals surface area contributed by atoms with E-state index in [-0.39, 0.29) is 29.8 Å². The van der Waals surface area contributed by atoms with Crippen molar-refractivity contribution >= 4 is 23.4 Å². The van der Waals surface area contributed by atoms with E-state index >= 15 is 0 Å². The number of alkyl halides is 3. The standard InChI is InChI=1S/C20H18ClF3N8O/c1-12-7-17(26-11-25-12)32-9-16-15(5-6-31(16)32)27-18-28-19(30(29-18)10-20(22,23)24)33-14-4-2-3-13(21)8-14/h2-8,11,15-16H,9-10H2,1H3,(H,27,29). The molecule has 0 bridgehead atoms. The molecule has 2 aliphatic heterocycles. The highest BCUT2D eigenvalue weighted by molar-refractivity contribution is 6.30. The summed E-state index contributed by atoms with van der Waals surface area (Å²) in [7, 11) is 0. The van der Waals surface area contributed by atoms with Crippen molar-refractivity contribution in [3.63, 3.8) is 0 Å². The predicted octanol–water partition coefficient (Wildman–Crippen LogP) is 3.80. The van der Waals surface area contributed by atoms with Crippen LogP contribution in [0.4, 0.5) is 24.9 Å². The van der Waals surface area contributed by atoms with E-state index in [9.17, 15) is 13.2 Å². The summed E-state index contributed by atoms with van der Waals surface area (Å²) in [5, 5.41) is 11.4. The number of aryl methyl sites for hydroxylation is 1. The molecule has 0 amide bonds. The highest BCUT2D eigenvalue weighted by atomic mass is 35.5. The summed E-state index contributed by atoms with van der Waals surface area (Å²) in [4.78, 5) is 12.5. The molecule has 2 aliphatic rings. The molecule has 2 unspecified atom stereocenters. The first-order valence-electron chi connectivity index (χ1n) is 9.99. The summed E-state index contributed by atoms with van der Waals surface area (Å²) >= 11 is 5.94. The number of fused-ring (bicyclic) bond motifs is 1. The molecule has 0 aliphatic carbocycles. The Bertz CT molecular complexity index is 1200. The number of rotatable bonds is 6. The van der Waals surface area contributed by atoms with Gasteiger partial charge in [-0.2, -0.15) is 18.2 Å². The Kier molecular flexibility index (Phi) is 5.23. The predicted molar refractivity (Wildman–Crippen MR) is 114 cm³/mol. The van der Waals surface area contributed by atoms with Gasteiger partial charge in [-0.3, -0.25) is 10.0 Å². The summed E-state index contributed by atoms with van der Waals surface area (Å²) in [6, 6.07) is 7.74. The average Bonchev–Trinajstić information content (AvgIpc) is 3.20. The van der Waals surface area contributed by atoms with E-state index in [0.29, 0.717) is 16.2 Å². The number of anilines is 2. The van der Waals surface area contributed by atoms with Crippen LogP contribution in [0.5, 0.6) is 11.8 Å². The van der Waals surface area contributed by atoms with Crippen LogP contribution in [0.1, 0.15) is 5.69 Å². The average molecular weight is 479 g/mol. The van der Waals surface area contributed by atoms with Crippen molar-refractivity contribution < 1.29 is 17.9 Å². The molecule has 33 heavy (non-hydrogen) atoms. The number of halogens is 4. The number of benzene rings is 1. The zero-order chi connectivity index (χ0) is 23.2. The van der Waals surface area contributed by atoms with E-state index in [0.717, 1.165) is 11.5 Å². The normalized spacial score (nSPS) is 19.4. The molecule has 1 fully saturated rings. The first-order chi connectivity index (χ1) is 15.7. The fraction of sp³-hybridized carbons (Fsp3) is 0.300. The zero-order valence-corrected chi connectivity index (χ0v) is 18.0. The molecule has 3 aromatic rings. The molecule has 2 atom stereocenters. The number of hydrogen-bond acceptors (Lipinski definition) is 8. The van der Waals surface area contributed by atoms with E-state index in [1.807, 2.05) is 35.3 Å². The third-order valence-corrected chi connectivity index (χ3v) is 5.40. The largest absolute Gasteiger partial charge is 0.424 e. The Morgan fingerprint density at radius 3 is 2.85 bits per heavy atom. The van der Waals surface area contributed by atoms with Gasteiger partial charge in [-0.1, -0.05) is 17.7 Å². The number of hydrogen-bond donors (Lipinski definition) is 1. The number of hydrazine groups is 1. The smallest absolute Gasteiger partial charge is 0.408 e. The summed E-state index contributed by atoms with van der Waals surface area (Å²) in [6.07, 6.45) is 0.803. The van der Waals surface area contributed by atoms with Gasteiger partial charge in [0.05, 0.1) is 18.6 Å². The number of ether oxygens (including phenoxy) is 1. The molecule has 9 nitrogen and oxygen atoms in total. The topological polar surface area (TPSA) is 84.2 Å². The Morgan fingerprint density at radius 2 is 2.09 bits per heavy atom. The van der Waals surface area contributed by atoms with E-state index in [1.165, 1.54) is 12.4 Å². The molecular weight excluding hydrogens is 461 g/mol. The molecule has 0 radical (unpaired) electrons. The molecule has 4 heterocycles. The van der Waals surface area contributed by atoms with Crippen molar-refractivity contribution in [2.24, 2.45) is 0 Å². The minimum absolute atomic E-state index is 0.0316. The molecule has 1 aromatic carbocycles. The van der Waals surface area contributed by atoms with Gasteiger partial charge < -0.3 is 10.1 Å². The first kappa shape index (κ1) is 21.3. The van der Waals surface area contributed by atoms with Crippen molar-refractivity contribution in [3.8, 4) is 11.8 Å². The number of aromatic nitrogens is 5. The summed E-state index contributed by atoms with van der Waals surface area (Å²) in [5.41, 5.74) is 0.855. The van der Waals surface area contributed by atoms with Crippen LogP contribution in [0.2, 0.25) is 5.02 Å². The third-order valence-electron chi connectivity index (χ3n) is 5.16. The molecular formula is C20H18ClF3N8O. The van der Waals surface area contributed by atoms with Crippen LogP contribution in [0.3, 0.4) is 0 Å². The Morgan fingerprint density at radius 1 is 1.24 bits per heavy atom. The van der Waals surface area contributed by atoms with Crippen molar-refractivity contribution in [1.29, 1.82) is 0 Å². The SMILES string of the molecule is Cc1cc(N2CC3C(Nc4nc(Oc5cccc(Cl)c5)n(CC(F)(F)F)n4)C=CN32)ncn1. The Balaban J connectivity index is 1.31. The maximum atomic E-state index is 13.1. The highest BCUT2D eigenvalue weighted by Crippen LogP contribution is 2.33. The lowest BCUT2D eigenvalue weighted by Crippen LogP contribution is -2.65. The van der Waals surface area contributed by atoms with Gasteiger partial charge in [0, 0.05) is 23.0 Å². The van der Waals surface area contributed by atoms with Gasteiger partial charge in [-0.15, -0.1) is 5.10 Å². The van der Waals surface area contributed by atoms with Crippen LogP contribution in [-0.4, -0.2) is 54.5 Å². The summed E-state index contributed by atoms with van der Waals surface area (Å²) in [5.74, 6) is 1.06. The van der Waals surface area contributed by atoms with Gasteiger partial charge in [0.25, 0.3) is 0 Å². The maximum absolute atomic E-state index is 13.1. The lowest BCUT2D eigenvalue weighted by atomic mass is 10.1. The molecule has 172 valence electrons. The number of nitrogens with one attached hydrogen (secondary N) is 1. The maximum Gasteiger partial charge on any atom is 0.408 e. The van der Waals surface area contributed by atoms with Crippen molar-refractivity contribution in [2.45, 2.75) is 31.7 Å². The summed E-state index contributed by atoms with van der Waals surface area (Å²) < 4.78 is 45.4. The Labute approximate surface area is 191 Å². The highest BCUT2D eigenvalue weighted by Gasteiger charge is 2.44. The second kappa shape index (κ2) is 8.10. The van der Waals surface area contributed by atoms with Crippen molar-refractivity contribution in [3.05, 3.63) is 59.7 Å². The monoisotopic (exact) mass is 478 g/mol. The van der Waals surface area contributed by atoms with Crippen LogP contribution in [-0.2, 0) is 6.54 Å². The van der Waals surface area contributed by atoms with Crippen molar-refractivity contribution in [2.75, 3.05) is 16.9 Å². The van der Waals surface area contributed by atoms with Gasteiger partial charge in [0.2, 0.25) is 5.95 Å². The quantitative estimate of drug-likeness (QED) is 0.573. The minimum Gasteiger partial charge on any atom is -0.424 e. The molecule has 0 saturated carbocycles. The molecule has 2 aromatic heterocycles. The van der Waals surface area contributed by atoms with Gasteiger partial charge in [-0.05, 0) is 31.2 Å². The first-order valence-corrected chi connectivity index (χ1v) is 10.4. The molecule has 1 N–H and O–H groups in total. The lowest BCUT2D eigenvalue weighted by molar-refractivity contribution is -0.143. The van der Waals surface area contributed by atoms with E-state index in [4.69, 9.17) is 16.3 Å².